The number of rotatable bonds is 3. The van der Waals surface area contributed by atoms with Gasteiger partial charge in [-0.2, -0.15) is 0 Å². The van der Waals surface area contributed by atoms with Crippen LogP contribution in [0.3, 0.4) is 0 Å². The van der Waals surface area contributed by atoms with Gasteiger partial charge >= 0.3 is 0 Å². The predicted molar refractivity (Wildman–Crippen MR) is 125 cm³/mol. The highest BCUT2D eigenvalue weighted by atomic mass is 19.1. The second kappa shape index (κ2) is 8.74. The molecule has 0 spiro atoms. The molecule has 0 unspecified atom stereocenters. The second-order valence-electron chi connectivity index (χ2n) is 7.77. The van der Waals surface area contributed by atoms with E-state index in [1.807, 2.05) is 24.3 Å². The minimum absolute atomic E-state index is 0.217. The van der Waals surface area contributed by atoms with Crippen molar-refractivity contribution in [1.82, 2.24) is 9.97 Å². The van der Waals surface area contributed by atoms with Crippen LogP contribution in [0.15, 0.2) is 79.1 Å². The minimum atomic E-state index is -0.498. The molecule has 0 atom stereocenters. The first-order chi connectivity index (χ1) is 16.5. The van der Waals surface area contributed by atoms with E-state index in [0.717, 1.165) is 5.56 Å². The monoisotopic (exact) mass is 454 g/mol. The summed E-state index contributed by atoms with van der Waals surface area (Å²) in [6, 6.07) is 18.1. The Hall–Kier alpha value is -4.59. The van der Waals surface area contributed by atoms with Crippen LogP contribution in [0.1, 0.15) is 31.8 Å². The molecule has 168 valence electrons. The fourth-order valence-corrected chi connectivity index (χ4v) is 3.71. The predicted octanol–water partition coefficient (Wildman–Crippen LogP) is 5.13. The van der Waals surface area contributed by atoms with Gasteiger partial charge in [0, 0.05) is 23.5 Å². The van der Waals surface area contributed by atoms with Crippen molar-refractivity contribution in [2.24, 2.45) is 0 Å². The molecule has 2 aromatic heterocycles. The quantitative estimate of drug-likeness (QED) is 0.464. The van der Waals surface area contributed by atoms with Gasteiger partial charge in [0.1, 0.15) is 23.1 Å². The van der Waals surface area contributed by atoms with E-state index in [2.05, 4.69) is 15.3 Å². The Morgan fingerprint density at radius 1 is 1.03 bits per heavy atom. The number of hydrogen-bond acceptors (Lipinski definition) is 5. The second-order valence-corrected chi connectivity index (χ2v) is 7.77. The first-order valence-corrected chi connectivity index (χ1v) is 10.6. The van der Waals surface area contributed by atoms with Crippen LogP contribution in [-0.2, 0) is 6.54 Å². The van der Waals surface area contributed by atoms with E-state index < -0.39 is 11.7 Å². The molecule has 7 nitrogen and oxygen atoms in total. The number of pyridine rings is 2. The molecule has 1 N–H and O–H groups in total. The number of nitrogens with zero attached hydrogens (tertiary/aromatic N) is 3. The third-order valence-corrected chi connectivity index (χ3v) is 5.49. The molecule has 1 aliphatic heterocycles. The summed E-state index contributed by atoms with van der Waals surface area (Å²) < 4.78 is 19.5. The molecule has 5 rings (SSSR count). The van der Waals surface area contributed by atoms with E-state index in [1.54, 1.807) is 36.2 Å². The highest BCUT2D eigenvalue weighted by molar-refractivity contribution is 6.07. The zero-order valence-electron chi connectivity index (χ0n) is 18.2. The lowest BCUT2D eigenvalue weighted by molar-refractivity contribution is 0.0983. The molecule has 2 aromatic carbocycles. The van der Waals surface area contributed by atoms with Crippen molar-refractivity contribution in [1.29, 1.82) is 0 Å². The number of fused-ring (bicyclic) bond motifs is 2. The minimum Gasteiger partial charge on any atom is -0.437 e. The number of anilines is 2. The van der Waals surface area contributed by atoms with E-state index in [4.69, 9.17) is 4.74 Å². The average molecular weight is 454 g/mol. The molecule has 2 amide bonds. The van der Waals surface area contributed by atoms with Crippen LogP contribution in [0.4, 0.5) is 15.9 Å². The molecule has 3 heterocycles. The highest BCUT2D eigenvalue weighted by Crippen LogP contribution is 2.37. The standard InChI is InChI=1S/C26H19FN4O3/c1-16-8-10-19(27)13-20(16)24(32)30-23-11-9-17(14-29-23)26(33)31-15-18-5-2-3-7-22(18)34-25-21(31)6-4-12-28-25/h2-14H,15H2,1H3,(H,29,30,32). The number of aryl methyl sites for hydroxylation is 1. The fraction of sp³-hybridized carbons (Fsp3) is 0.0769. The van der Waals surface area contributed by atoms with E-state index in [9.17, 15) is 14.0 Å². The van der Waals surface area contributed by atoms with Gasteiger partial charge in [-0.25, -0.2) is 14.4 Å². The summed E-state index contributed by atoms with van der Waals surface area (Å²) in [7, 11) is 0. The van der Waals surface area contributed by atoms with Gasteiger partial charge in [-0.1, -0.05) is 24.3 Å². The largest absolute Gasteiger partial charge is 0.437 e. The Morgan fingerprint density at radius 2 is 1.88 bits per heavy atom. The van der Waals surface area contributed by atoms with Crippen molar-refractivity contribution in [3.63, 3.8) is 0 Å². The molecule has 4 aromatic rings. The Bertz CT molecular complexity index is 1410. The number of amides is 2. The zero-order chi connectivity index (χ0) is 23.7. The van der Waals surface area contributed by atoms with Crippen molar-refractivity contribution in [3.8, 4) is 11.6 Å². The lowest BCUT2D eigenvalue weighted by atomic mass is 10.1. The molecule has 1 aliphatic rings. The van der Waals surface area contributed by atoms with Crippen LogP contribution in [-0.4, -0.2) is 21.8 Å². The molecular formula is C26H19FN4O3. The van der Waals surface area contributed by atoms with Gasteiger partial charge in [-0.05, 0) is 55.0 Å². The van der Waals surface area contributed by atoms with E-state index in [-0.39, 0.29) is 17.3 Å². The van der Waals surface area contributed by atoms with Crippen molar-refractivity contribution in [3.05, 3.63) is 107 Å². The van der Waals surface area contributed by atoms with Gasteiger partial charge in [-0.15, -0.1) is 0 Å². The lowest BCUT2D eigenvalue weighted by Gasteiger charge is -2.21. The smallest absolute Gasteiger partial charge is 0.260 e. The number of aromatic nitrogens is 2. The van der Waals surface area contributed by atoms with Gasteiger partial charge in [0.05, 0.1) is 12.1 Å². The summed E-state index contributed by atoms with van der Waals surface area (Å²) >= 11 is 0. The van der Waals surface area contributed by atoms with Crippen LogP contribution in [0, 0.1) is 12.7 Å². The summed E-state index contributed by atoms with van der Waals surface area (Å²) in [5, 5.41) is 2.64. The first-order valence-electron chi connectivity index (χ1n) is 10.6. The number of nitrogens with one attached hydrogen (secondary N) is 1. The normalized spacial score (nSPS) is 12.1. The lowest BCUT2D eigenvalue weighted by Crippen LogP contribution is -2.30. The maximum absolute atomic E-state index is 13.5. The van der Waals surface area contributed by atoms with Crippen molar-refractivity contribution >= 4 is 23.3 Å². The molecule has 0 saturated carbocycles. The molecular weight excluding hydrogens is 435 g/mol. The molecule has 0 radical (unpaired) electrons. The van der Waals surface area contributed by atoms with E-state index in [1.165, 1.54) is 30.5 Å². The molecule has 8 heteroatoms. The Morgan fingerprint density at radius 3 is 2.71 bits per heavy atom. The molecule has 0 fully saturated rings. The molecule has 34 heavy (non-hydrogen) atoms. The Balaban J connectivity index is 1.40. The topological polar surface area (TPSA) is 84.4 Å². The van der Waals surface area contributed by atoms with Crippen LogP contribution < -0.4 is 15.0 Å². The number of ether oxygens (including phenoxy) is 1. The van der Waals surface area contributed by atoms with Crippen LogP contribution in [0.25, 0.3) is 0 Å². The fourth-order valence-electron chi connectivity index (χ4n) is 3.71. The Labute approximate surface area is 194 Å². The summed E-state index contributed by atoms with van der Waals surface area (Å²) in [6.07, 6.45) is 3.00. The highest BCUT2D eigenvalue weighted by Gasteiger charge is 2.27. The molecule has 0 saturated heterocycles. The average Bonchev–Trinajstić information content (AvgIpc) is 3.02. The van der Waals surface area contributed by atoms with Gasteiger partial charge in [0.15, 0.2) is 0 Å². The summed E-state index contributed by atoms with van der Waals surface area (Å²) in [6.45, 7) is 2.02. The maximum Gasteiger partial charge on any atom is 0.260 e. The van der Waals surface area contributed by atoms with Gasteiger partial charge < -0.3 is 10.1 Å². The SMILES string of the molecule is Cc1ccc(F)cc1C(=O)Nc1ccc(C(=O)N2Cc3ccccc3Oc3ncccc32)cn1. The van der Waals surface area contributed by atoms with Crippen LogP contribution in [0.5, 0.6) is 11.6 Å². The van der Waals surface area contributed by atoms with Crippen molar-refractivity contribution < 1.29 is 18.7 Å². The summed E-state index contributed by atoms with van der Waals surface area (Å²) in [4.78, 5) is 36.1. The van der Waals surface area contributed by atoms with Crippen molar-refractivity contribution in [2.45, 2.75) is 13.5 Å². The zero-order valence-corrected chi connectivity index (χ0v) is 18.2. The number of halogens is 1. The number of carbonyl (C=O) groups is 2. The Kier molecular flexibility index (Phi) is 5.47. The van der Waals surface area contributed by atoms with Crippen LogP contribution in [0.2, 0.25) is 0 Å². The van der Waals surface area contributed by atoms with Gasteiger partial charge in [0.2, 0.25) is 5.88 Å². The van der Waals surface area contributed by atoms with Crippen LogP contribution >= 0.6 is 0 Å². The van der Waals surface area contributed by atoms with E-state index >= 15 is 0 Å². The third-order valence-electron chi connectivity index (χ3n) is 5.49. The first kappa shape index (κ1) is 21.3. The van der Waals surface area contributed by atoms with E-state index in [0.29, 0.717) is 35.0 Å². The summed E-state index contributed by atoms with van der Waals surface area (Å²) in [5.41, 5.74) is 2.57. The number of hydrogen-bond donors (Lipinski definition) is 1. The maximum atomic E-state index is 13.5. The van der Waals surface area contributed by atoms with Crippen molar-refractivity contribution in [2.75, 3.05) is 10.2 Å². The molecule has 0 aliphatic carbocycles. The summed E-state index contributed by atoms with van der Waals surface area (Å²) in [5.74, 6) is -0.0466. The third kappa shape index (κ3) is 4.09. The molecule has 0 bridgehead atoms. The van der Waals surface area contributed by atoms with Gasteiger partial charge in [0.25, 0.3) is 11.8 Å². The number of benzene rings is 2. The number of carbonyl (C=O) groups excluding carboxylic acids is 2. The van der Waals surface area contributed by atoms with Gasteiger partial charge in [-0.3, -0.25) is 14.5 Å². The number of para-hydroxylation sites is 1.